The summed E-state index contributed by atoms with van der Waals surface area (Å²) in [5.74, 6) is 0.443. The van der Waals surface area contributed by atoms with Crippen LogP contribution >= 0.6 is 0 Å². The molecule has 1 amide bonds. The molecule has 1 saturated heterocycles. The molecule has 4 heteroatoms. The summed E-state index contributed by atoms with van der Waals surface area (Å²) in [6, 6.07) is 0. The van der Waals surface area contributed by atoms with Gasteiger partial charge in [0.1, 0.15) is 0 Å². The number of nitrogens with one attached hydrogen (secondary N) is 1. The highest BCUT2D eigenvalue weighted by molar-refractivity contribution is 5.76. The Bertz CT molecular complexity index is 199. The Balaban J connectivity index is 2.05. The Morgan fingerprint density at radius 2 is 2.44 bits per heavy atom. The van der Waals surface area contributed by atoms with Crippen molar-refractivity contribution >= 4 is 5.91 Å². The summed E-state index contributed by atoms with van der Waals surface area (Å²) in [4.78, 5) is 11.5. The van der Waals surface area contributed by atoms with Crippen LogP contribution in [0.2, 0.25) is 0 Å². The van der Waals surface area contributed by atoms with Gasteiger partial charge in [0.25, 0.3) is 0 Å². The SMILES string of the molecule is CCC(CN)CC(=O)NCCC1CCCO1. The number of carbonyl (C=O) groups is 1. The Hall–Kier alpha value is -0.610. The zero-order valence-corrected chi connectivity index (χ0v) is 10.2. The van der Waals surface area contributed by atoms with Crippen LogP contribution in [0.3, 0.4) is 0 Å². The Labute approximate surface area is 97.9 Å². The molecule has 0 aliphatic carbocycles. The Morgan fingerprint density at radius 3 is 3.00 bits per heavy atom. The first kappa shape index (κ1) is 13.5. The van der Waals surface area contributed by atoms with Crippen LogP contribution in [0.1, 0.15) is 39.0 Å². The van der Waals surface area contributed by atoms with Crippen molar-refractivity contribution in [2.24, 2.45) is 11.7 Å². The first-order valence-corrected chi connectivity index (χ1v) is 6.34. The molecule has 0 saturated carbocycles. The quantitative estimate of drug-likeness (QED) is 0.684. The molecule has 2 unspecified atom stereocenters. The maximum absolute atomic E-state index is 11.5. The predicted molar refractivity (Wildman–Crippen MR) is 64.1 cm³/mol. The van der Waals surface area contributed by atoms with Crippen LogP contribution < -0.4 is 11.1 Å². The van der Waals surface area contributed by atoms with Gasteiger partial charge in [-0.15, -0.1) is 0 Å². The lowest BCUT2D eigenvalue weighted by atomic mass is 10.0. The van der Waals surface area contributed by atoms with Crippen LogP contribution in [0, 0.1) is 5.92 Å². The first-order valence-electron chi connectivity index (χ1n) is 6.34. The Morgan fingerprint density at radius 1 is 1.62 bits per heavy atom. The van der Waals surface area contributed by atoms with Crippen molar-refractivity contribution < 1.29 is 9.53 Å². The second kappa shape index (κ2) is 7.63. The monoisotopic (exact) mass is 228 g/mol. The normalized spacial score (nSPS) is 22.0. The number of nitrogens with two attached hydrogens (primary N) is 1. The molecule has 1 fully saturated rings. The molecule has 1 aliphatic rings. The third kappa shape index (κ3) is 4.94. The maximum atomic E-state index is 11.5. The summed E-state index contributed by atoms with van der Waals surface area (Å²) >= 11 is 0. The summed E-state index contributed by atoms with van der Waals surface area (Å²) in [6.07, 6.45) is 5.11. The molecule has 1 aliphatic heterocycles. The van der Waals surface area contributed by atoms with E-state index in [1.807, 2.05) is 0 Å². The van der Waals surface area contributed by atoms with Crippen molar-refractivity contribution in [1.82, 2.24) is 5.32 Å². The number of rotatable bonds is 7. The summed E-state index contributed by atoms with van der Waals surface area (Å²) in [7, 11) is 0. The molecule has 1 rings (SSSR count). The van der Waals surface area contributed by atoms with Gasteiger partial charge in [0.05, 0.1) is 6.10 Å². The molecule has 0 spiro atoms. The van der Waals surface area contributed by atoms with Gasteiger partial charge in [-0.05, 0) is 31.7 Å². The van der Waals surface area contributed by atoms with E-state index in [-0.39, 0.29) is 5.91 Å². The lowest BCUT2D eigenvalue weighted by molar-refractivity contribution is -0.122. The Kier molecular flexibility index (Phi) is 6.42. The fourth-order valence-electron chi connectivity index (χ4n) is 1.97. The van der Waals surface area contributed by atoms with Crippen LogP contribution in [0.4, 0.5) is 0 Å². The number of ether oxygens (including phenoxy) is 1. The second-order valence-corrected chi connectivity index (χ2v) is 4.49. The lowest BCUT2D eigenvalue weighted by Gasteiger charge is -2.13. The molecule has 0 radical (unpaired) electrons. The molecular weight excluding hydrogens is 204 g/mol. The molecular formula is C12H24N2O2. The highest BCUT2D eigenvalue weighted by Gasteiger charge is 2.15. The number of hydrogen-bond acceptors (Lipinski definition) is 3. The summed E-state index contributed by atoms with van der Waals surface area (Å²) in [6.45, 7) is 4.26. The van der Waals surface area contributed by atoms with Crippen LogP contribution in [0.25, 0.3) is 0 Å². The van der Waals surface area contributed by atoms with E-state index >= 15 is 0 Å². The minimum absolute atomic E-state index is 0.121. The van der Waals surface area contributed by atoms with E-state index in [0.717, 1.165) is 38.8 Å². The van der Waals surface area contributed by atoms with Crippen LogP contribution in [-0.2, 0) is 9.53 Å². The van der Waals surface area contributed by atoms with Gasteiger partial charge in [-0.25, -0.2) is 0 Å². The minimum atomic E-state index is 0.121. The highest BCUT2D eigenvalue weighted by atomic mass is 16.5. The molecule has 1 heterocycles. The molecule has 16 heavy (non-hydrogen) atoms. The molecule has 0 bridgehead atoms. The van der Waals surface area contributed by atoms with Crippen molar-refractivity contribution in [1.29, 1.82) is 0 Å². The standard InChI is InChI=1S/C12H24N2O2/c1-2-10(9-13)8-12(15)14-6-5-11-4-3-7-16-11/h10-11H,2-9,13H2,1H3,(H,14,15). The second-order valence-electron chi connectivity index (χ2n) is 4.49. The van der Waals surface area contributed by atoms with E-state index in [0.29, 0.717) is 25.0 Å². The minimum Gasteiger partial charge on any atom is -0.378 e. The average molecular weight is 228 g/mol. The average Bonchev–Trinajstić information content (AvgIpc) is 2.79. The van der Waals surface area contributed by atoms with Crippen molar-refractivity contribution in [3.63, 3.8) is 0 Å². The van der Waals surface area contributed by atoms with Crippen molar-refractivity contribution in [3.8, 4) is 0 Å². The van der Waals surface area contributed by atoms with Crippen molar-refractivity contribution in [2.45, 2.75) is 45.1 Å². The van der Waals surface area contributed by atoms with Gasteiger partial charge in [0.15, 0.2) is 0 Å². The predicted octanol–water partition coefficient (Wildman–Crippen LogP) is 1.05. The summed E-state index contributed by atoms with van der Waals surface area (Å²) in [5, 5.41) is 2.93. The third-order valence-electron chi connectivity index (χ3n) is 3.20. The summed E-state index contributed by atoms with van der Waals surface area (Å²) < 4.78 is 5.49. The van der Waals surface area contributed by atoms with Gasteiger partial charge in [0, 0.05) is 19.6 Å². The van der Waals surface area contributed by atoms with E-state index in [9.17, 15) is 4.79 Å². The van der Waals surface area contributed by atoms with Crippen molar-refractivity contribution in [2.75, 3.05) is 19.7 Å². The number of carbonyl (C=O) groups excluding carboxylic acids is 1. The van der Waals surface area contributed by atoms with Crippen LogP contribution in [0.5, 0.6) is 0 Å². The molecule has 0 aromatic rings. The zero-order chi connectivity index (χ0) is 11.8. The summed E-state index contributed by atoms with van der Waals surface area (Å²) in [5.41, 5.74) is 5.56. The molecule has 2 atom stereocenters. The van der Waals surface area contributed by atoms with Crippen molar-refractivity contribution in [3.05, 3.63) is 0 Å². The molecule has 3 N–H and O–H groups in total. The van der Waals surface area contributed by atoms with E-state index in [1.54, 1.807) is 0 Å². The van der Waals surface area contributed by atoms with Crippen LogP contribution in [0.15, 0.2) is 0 Å². The van der Waals surface area contributed by atoms with Gasteiger partial charge >= 0.3 is 0 Å². The zero-order valence-electron chi connectivity index (χ0n) is 10.2. The fraction of sp³-hybridized carbons (Fsp3) is 0.917. The van der Waals surface area contributed by atoms with Gasteiger partial charge in [-0.2, -0.15) is 0 Å². The lowest BCUT2D eigenvalue weighted by Crippen LogP contribution is -2.30. The third-order valence-corrected chi connectivity index (χ3v) is 3.20. The van der Waals surface area contributed by atoms with E-state index in [2.05, 4.69) is 12.2 Å². The molecule has 94 valence electrons. The largest absolute Gasteiger partial charge is 0.378 e. The number of hydrogen-bond donors (Lipinski definition) is 2. The van der Waals surface area contributed by atoms with E-state index in [1.165, 1.54) is 0 Å². The van der Waals surface area contributed by atoms with E-state index in [4.69, 9.17) is 10.5 Å². The number of amides is 1. The smallest absolute Gasteiger partial charge is 0.220 e. The maximum Gasteiger partial charge on any atom is 0.220 e. The first-order chi connectivity index (χ1) is 7.76. The van der Waals surface area contributed by atoms with Gasteiger partial charge in [0.2, 0.25) is 5.91 Å². The van der Waals surface area contributed by atoms with Gasteiger partial charge in [-0.1, -0.05) is 13.3 Å². The molecule has 0 aromatic carbocycles. The topological polar surface area (TPSA) is 64.4 Å². The highest BCUT2D eigenvalue weighted by Crippen LogP contribution is 2.14. The van der Waals surface area contributed by atoms with Gasteiger partial charge < -0.3 is 15.8 Å². The van der Waals surface area contributed by atoms with Crippen LogP contribution in [-0.4, -0.2) is 31.7 Å². The molecule has 4 nitrogen and oxygen atoms in total. The fourth-order valence-corrected chi connectivity index (χ4v) is 1.97. The van der Waals surface area contributed by atoms with E-state index < -0.39 is 0 Å². The molecule has 0 aromatic heterocycles. The van der Waals surface area contributed by atoms with Gasteiger partial charge in [-0.3, -0.25) is 4.79 Å².